The molecule has 6 nitrogen and oxygen atoms in total. The molecule has 1 amide bonds. The number of Topliss-reactive ketones (excluding diaryl/α,β-unsaturated/α-hetero) is 1. The van der Waals surface area contributed by atoms with Gasteiger partial charge in [-0.3, -0.25) is 4.79 Å². The molecule has 6 bridgehead atoms. The average molecular weight is 724 g/mol. The minimum atomic E-state index is -1.10. The minimum absolute atomic E-state index is 0.0511. The van der Waals surface area contributed by atoms with Crippen LogP contribution in [0.15, 0.2) is 54.1 Å². The molecule has 52 heavy (non-hydrogen) atoms. The third kappa shape index (κ3) is 4.48. The number of hydrogen-bond donors (Lipinski definition) is 2. The van der Waals surface area contributed by atoms with E-state index < -0.39 is 16.4 Å². The molecule has 7 heteroatoms. The maximum absolute atomic E-state index is 15.1. The third-order valence-corrected chi connectivity index (χ3v) is 18.4. The van der Waals surface area contributed by atoms with Crippen LogP contribution in [0.5, 0.6) is 0 Å². The lowest BCUT2D eigenvalue weighted by Crippen LogP contribution is -2.67. The number of carbonyl (C=O) groups excluding carboxylic acids is 2. The van der Waals surface area contributed by atoms with Gasteiger partial charge in [-0.25, -0.2) is 4.79 Å². The predicted molar refractivity (Wildman–Crippen MR) is 204 cm³/mol. The Labute approximate surface area is 313 Å². The molecular formula is C45H57NO5S. The van der Waals surface area contributed by atoms with Crippen LogP contribution in [0.2, 0.25) is 0 Å². The van der Waals surface area contributed by atoms with Crippen molar-refractivity contribution in [2.75, 3.05) is 19.7 Å². The number of thiophene rings is 1. The van der Waals surface area contributed by atoms with Crippen molar-refractivity contribution in [3.63, 3.8) is 0 Å². The normalized spacial score (nSPS) is 46.4. The molecule has 1 heterocycles. The number of fused-ring (bicyclic) bond motifs is 2. The van der Waals surface area contributed by atoms with E-state index in [1.165, 1.54) is 38.5 Å². The van der Waals surface area contributed by atoms with Gasteiger partial charge in [0.1, 0.15) is 0 Å². The quantitative estimate of drug-likeness (QED) is 0.220. The molecule has 2 spiro atoms. The fourth-order valence-electron chi connectivity index (χ4n) is 15.4. The van der Waals surface area contributed by atoms with E-state index in [4.69, 9.17) is 4.74 Å². The Kier molecular flexibility index (Phi) is 7.39. The lowest BCUT2D eigenvalue weighted by Gasteiger charge is -2.71. The van der Waals surface area contributed by atoms with E-state index in [1.807, 2.05) is 24.0 Å². The topological polar surface area (TPSA) is 87.1 Å². The van der Waals surface area contributed by atoms with Gasteiger partial charge in [-0.05, 0) is 148 Å². The molecule has 278 valence electrons. The van der Waals surface area contributed by atoms with Crippen LogP contribution in [-0.4, -0.2) is 58.4 Å². The number of aliphatic hydroxyl groups excluding tert-OH is 1. The highest BCUT2D eigenvalue weighted by Crippen LogP contribution is 2.78. The second-order valence-corrected chi connectivity index (χ2v) is 20.8. The Morgan fingerprint density at radius 3 is 2.27 bits per heavy atom. The van der Waals surface area contributed by atoms with E-state index in [0.717, 1.165) is 70.4 Å². The van der Waals surface area contributed by atoms with Gasteiger partial charge in [-0.2, -0.15) is 0 Å². The number of allylic oxidation sites excluding steroid dienone is 4. The van der Waals surface area contributed by atoms with Crippen LogP contribution in [0.3, 0.4) is 0 Å². The van der Waals surface area contributed by atoms with Crippen LogP contribution in [0.1, 0.15) is 114 Å². The number of nitrogens with zero attached hydrogens (tertiary/aromatic N) is 1. The summed E-state index contributed by atoms with van der Waals surface area (Å²) in [5.74, 6) is 2.75. The number of aliphatic hydroxyl groups is 2. The van der Waals surface area contributed by atoms with Gasteiger partial charge in [0, 0.05) is 33.1 Å². The number of amides is 1. The fourth-order valence-corrected chi connectivity index (χ4v) is 16.4. The van der Waals surface area contributed by atoms with Gasteiger partial charge in [-0.15, -0.1) is 11.3 Å². The fraction of sp³-hybridized carbons (Fsp3) is 0.689. The molecule has 1 unspecified atom stereocenters. The first-order chi connectivity index (χ1) is 24.8. The van der Waals surface area contributed by atoms with Gasteiger partial charge in [0.15, 0.2) is 5.78 Å². The van der Waals surface area contributed by atoms with Crippen molar-refractivity contribution in [1.82, 2.24) is 4.90 Å². The van der Waals surface area contributed by atoms with E-state index in [-0.39, 0.29) is 46.1 Å². The highest BCUT2D eigenvalue weighted by Gasteiger charge is 2.74. The van der Waals surface area contributed by atoms with Crippen molar-refractivity contribution in [3.8, 4) is 0 Å². The molecular weight excluding hydrogens is 667 g/mol. The first kappa shape index (κ1) is 34.0. The summed E-state index contributed by atoms with van der Waals surface area (Å²) in [5, 5.41) is 25.4. The largest absolute Gasteiger partial charge is 0.450 e. The lowest BCUT2D eigenvalue weighted by molar-refractivity contribution is -0.177. The molecule has 7 fully saturated rings. The Balaban J connectivity index is 1.04. The predicted octanol–water partition coefficient (Wildman–Crippen LogP) is 9.35. The van der Waals surface area contributed by atoms with Crippen LogP contribution < -0.4 is 0 Å². The van der Waals surface area contributed by atoms with Crippen LogP contribution in [-0.2, 0) is 4.74 Å². The number of hydrogen-bond acceptors (Lipinski definition) is 6. The maximum Gasteiger partial charge on any atom is 0.409 e. The standard InChI is InChI=1S/C45H57NO5S/c1-4-51-39(49)46(26-42-21-28-17-29(22-42)19-30(18-28)23-42)27-44(50)14-11-37-41(44,3)13-10-36-40(2)12-9-32(47)24-43(40)15-16-45(36,37)33(25-43)38(48)35-20-31-7-5-6-8-34(31)52-35/h5-8,15-16,20,25,28-30,32,36-37,47,50H,4,9-14,17-19,21-24,26-27H2,1-3H3/t28?,29?,30?,32?,36-,37-,40-,41+,42?,43+,44-,45-/m1/s1. The zero-order valence-corrected chi connectivity index (χ0v) is 32.2. The minimum Gasteiger partial charge on any atom is -0.450 e. The van der Waals surface area contributed by atoms with Crippen molar-refractivity contribution in [1.29, 1.82) is 0 Å². The Morgan fingerprint density at radius 1 is 0.885 bits per heavy atom. The molecule has 0 radical (unpaired) electrons. The van der Waals surface area contributed by atoms with E-state index in [1.54, 1.807) is 11.3 Å². The van der Waals surface area contributed by atoms with E-state index in [0.29, 0.717) is 32.5 Å². The zero-order chi connectivity index (χ0) is 35.9. The summed E-state index contributed by atoms with van der Waals surface area (Å²) in [5.41, 5.74) is -1.52. The molecule has 1 aromatic carbocycles. The monoisotopic (exact) mass is 723 g/mol. The Bertz CT molecular complexity index is 1830. The van der Waals surface area contributed by atoms with Crippen molar-refractivity contribution >= 4 is 33.3 Å². The van der Waals surface area contributed by atoms with E-state index >= 15 is 4.79 Å². The molecule has 8 atom stereocenters. The first-order valence-electron chi connectivity index (χ1n) is 20.6. The summed E-state index contributed by atoms with van der Waals surface area (Å²) < 4.78 is 6.89. The molecule has 0 aliphatic heterocycles. The third-order valence-electron chi connectivity index (χ3n) is 17.3. The van der Waals surface area contributed by atoms with Crippen LogP contribution in [0, 0.1) is 56.7 Å². The molecule has 7 saturated carbocycles. The van der Waals surface area contributed by atoms with E-state index in [2.05, 4.69) is 50.3 Å². The lowest BCUT2D eigenvalue weighted by atomic mass is 9.32. The summed E-state index contributed by atoms with van der Waals surface area (Å²) in [6.07, 6.45) is 19.7. The smallest absolute Gasteiger partial charge is 0.409 e. The highest BCUT2D eigenvalue weighted by atomic mass is 32.1. The number of carbonyl (C=O) groups is 2. The molecule has 10 aliphatic rings. The summed E-state index contributed by atoms with van der Waals surface area (Å²) in [7, 11) is 0. The van der Waals surface area contributed by atoms with Gasteiger partial charge < -0.3 is 19.8 Å². The second kappa shape index (κ2) is 11.3. The summed E-state index contributed by atoms with van der Waals surface area (Å²) in [6.45, 7) is 7.92. The molecule has 2 N–H and O–H groups in total. The average Bonchev–Trinajstić information content (AvgIpc) is 3.65. The SMILES string of the molecule is CCOC(=O)N(CC12CC3CC(CC(C3)C1)C2)C[C@]1(O)CC[C@H]2[C@]34C=C[C@@]5(C=C3C(=O)c3cc6ccccc6s3)CC(O)CC[C@]5(C)[C@H]4CC[C@@]21C. The van der Waals surface area contributed by atoms with E-state index in [9.17, 15) is 15.0 Å². The van der Waals surface area contributed by atoms with Gasteiger partial charge in [0.25, 0.3) is 0 Å². The highest BCUT2D eigenvalue weighted by molar-refractivity contribution is 7.21. The molecule has 1 aromatic heterocycles. The second-order valence-electron chi connectivity index (χ2n) is 19.8. The molecule has 2 aromatic rings. The molecule has 0 saturated heterocycles. The van der Waals surface area contributed by atoms with Crippen molar-refractivity contribution in [3.05, 3.63) is 59.0 Å². The first-order valence-corrected chi connectivity index (χ1v) is 21.5. The number of benzene rings is 1. The number of rotatable bonds is 7. The van der Waals surface area contributed by atoms with Crippen LogP contribution >= 0.6 is 11.3 Å². The summed E-state index contributed by atoms with van der Waals surface area (Å²) in [6, 6.07) is 10.3. The van der Waals surface area contributed by atoms with Crippen LogP contribution in [0.4, 0.5) is 4.79 Å². The Morgan fingerprint density at radius 2 is 1.56 bits per heavy atom. The van der Waals surface area contributed by atoms with Crippen molar-refractivity contribution in [2.45, 2.75) is 116 Å². The molecule has 12 rings (SSSR count). The van der Waals surface area contributed by atoms with Gasteiger partial charge in [0.2, 0.25) is 0 Å². The van der Waals surface area contributed by atoms with Gasteiger partial charge >= 0.3 is 6.09 Å². The van der Waals surface area contributed by atoms with Gasteiger partial charge in [0.05, 0.1) is 29.7 Å². The zero-order valence-electron chi connectivity index (χ0n) is 31.4. The molecule has 10 aliphatic carbocycles. The number of ether oxygens (including phenoxy) is 1. The summed E-state index contributed by atoms with van der Waals surface area (Å²) >= 11 is 1.58. The Hall–Kier alpha value is -2.48. The van der Waals surface area contributed by atoms with Gasteiger partial charge in [-0.1, -0.05) is 50.3 Å². The van der Waals surface area contributed by atoms with Crippen molar-refractivity contribution in [2.24, 2.45) is 56.7 Å². The van der Waals surface area contributed by atoms with Crippen LogP contribution in [0.25, 0.3) is 10.1 Å². The van der Waals surface area contributed by atoms with Crippen molar-refractivity contribution < 1.29 is 24.5 Å². The summed E-state index contributed by atoms with van der Waals surface area (Å²) in [4.78, 5) is 31.8. The number of ketones is 1. The maximum atomic E-state index is 15.1.